The molecule has 0 amide bonds. The molecule has 2 aromatic rings. The van der Waals surface area contributed by atoms with E-state index >= 15 is 0 Å². The van der Waals surface area contributed by atoms with Gasteiger partial charge in [0.25, 0.3) is 5.69 Å². The van der Waals surface area contributed by atoms with Crippen LogP contribution < -0.4 is 0 Å². The van der Waals surface area contributed by atoms with Gasteiger partial charge in [0.2, 0.25) is 0 Å². The summed E-state index contributed by atoms with van der Waals surface area (Å²) in [5, 5.41) is 22.0. The van der Waals surface area contributed by atoms with Crippen LogP contribution in [0.3, 0.4) is 0 Å². The quantitative estimate of drug-likeness (QED) is 0.590. The number of nitro groups is 2. The van der Waals surface area contributed by atoms with E-state index in [-0.39, 0.29) is 19.0 Å². The average Bonchev–Trinajstić information content (AvgIpc) is 2.98. The number of rotatable bonds is 6. The van der Waals surface area contributed by atoms with Crippen LogP contribution in [0.4, 0.5) is 5.69 Å². The highest BCUT2D eigenvalue weighted by atomic mass is 16.7. The summed E-state index contributed by atoms with van der Waals surface area (Å²) in [5.41, 5.74) is 0.912. The van der Waals surface area contributed by atoms with Gasteiger partial charge in [0.15, 0.2) is 18.4 Å². The Hall–Kier alpha value is -2.84. The number of aryl methyl sites for hydroxylation is 1. The number of hydrazine groups is 1. The molecule has 0 radical (unpaired) electrons. The van der Waals surface area contributed by atoms with Crippen molar-refractivity contribution in [2.45, 2.75) is 20.3 Å². The smallest absolute Gasteiger partial charge is 0.286 e. The normalized spacial score (nSPS) is 10.4. The Kier molecular flexibility index (Phi) is 3.69. The predicted octanol–water partition coefficient (Wildman–Crippen LogP) is 1.62. The van der Waals surface area contributed by atoms with E-state index in [0.29, 0.717) is 0 Å². The molecule has 0 aliphatic carbocycles. The zero-order valence-electron chi connectivity index (χ0n) is 10.7. The number of hydrogen-bond donors (Lipinski definition) is 0. The minimum Gasteiger partial charge on any atom is -0.331 e. The third-order valence-electron chi connectivity index (χ3n) is 2.73. The highest BCUT2D eigenvalue weighted by molar-refractivity contribution is 5.25. The van der Waals surface area contributed by atoms with Crippen molar-refractivity contribution in [2.75, 3.05) is 0 Å². The maximum absolute atomic E-state index is 11.0. The van der Waals surface area contributed by atoms with Crippen molar-refractivity contribution in [2.24, 2.45) is 0 Å². The molecule has 0 unspecified atom stereocenters. The predicted molar refractivity (Wildman–Crippen MR) is 69.1 cm³/mol. The first-order valence-corrected chi connectivity index (χ1v) is 5.77. The second-order valence-electron chi connectivity index (χ2n) is 4.37. The lowest BCUT2D eigenvalue weighted by Crippen LogP contribution is -2.33. The van der Waals surface area contributed by atoms with E-state index in [4.69, 9.17) is 0 Å². The maximum Gasteiger partial charge on any atom is 0.286 e. The zero-order valence-corrected chi connectivity index (χ0v) is 10.7. The molecule has 0 spiro atoms. The van der Waals surface area contributed by atoms with Crippen molar-refractivity contribution in [3.05, 3.63) is 62.7 Å². The van der Waals surface area contributed by atoms with E-state index in [9.17, 15) is 20.2 Å². The van der Waals surface area contributed by atoms with Crippen LogP contribution in [0.5, 0.6) is 0 Å². The summed E-state index contributed by atoms with van der Waals surface area (Å²) in [6, 6.07) is 3.15. The standard InChI is InChI=1S/C11H13N5O4/c1-10-2-4-12(6-10)8-14(16(19)20)9-13-5-3-11(7-13)15(17)18/h2-7H,8-9H2,1H3. The lowest BCUT2D eigenvalue weighted by atomic mass is 10.4. The van der Waals surface area contributed by atoms with Crippen LogP contribution in [0, 0.1) is 27.2 Å². The van der Waals surface area contributed by atoms with E-state index in [1.165, 1.54) is 23.0 Å². The van der Waals surface area contributed by atoms with Crippen LogP contribution in [-0.2, 0) is 13.3 Å². The zero-order chi connectivity index (χ0) is 14.7. The summed E-state index contributed by atoms with van der Waals surface area (Å²) < 4.78 is 3.08. The lowest BCUT2D eigenvalue weighted by Gasteiger charge is -2.15. The summed E-state index contributed by atoms with van der Waals surface area (Å²) in [6.07, 6.45) is 6.23. The summed E-state index contributed by atoms with van der Waals surface area (Å²) in [4.78, 5) is 21.1. The molecule has 20 heavy (non-hydrogen) atoms. The van der Waals surface area contributed by atoms with E-state index in [2.05, 4.69) is 0 Å². The summed E-state index contributed by atoms with van der Waals surface area (Å²) in [7, 11) is 0. The SMILES string of the molecule is Cc1ccn(CN(Cn2ccc([N+](=O)[O-])c2)[N+](=O)[O-])c1. The van der Waals surface area contributed by atoms with Crippen molar-refractivity contribution in [1.82, 2.24) is 14.1 Å². The van der Waals surface area contributed by atoms with E-state index in [1.54, 1.807) is 17.0 Å². The molecule has 106 valence electrons. The van der Waals surface area contributed by atoms with Crippen LogP contribution in [0.15, 0.2) is 36.9 Å². The average molecular weight is 279 g/mol. The van der Waals surface area contributed by atoms with Gasteiger partial charge in [0.1, 0.15) is 0 Å². The Morgan fingerprint density at radius 3 is 2.15 bits per heavy atom. The summed E-state index contributed by atoms with van der Waals surface area (Å²) in [5.74, 6) is 0. The van der Waals surface area contributed by atoms with E-state index in [0.717, 1.165) is 10.6 Å². The molecule has 0 atom stereocenters. The number of aromatic nitrogens is 2. The first-order chi connectivity index (χ1) is 9.45. The third-order valence-corrected chi connectivity index (χ3v) is 2.73. The molecule has 0 fully saturated rings. The molecule has 2 rings (SSSR count). The van der Waals surface area contributed by atoms with Crippen molar-refractivity contribution in [3.8, 4) is 0 Å². The minimum atomic E-state index is -0.539. The molecule has 0 aliphatic heterocycles. The summed E-state index contributed by atoms with van der Waals surface area (Å²) >= 11 is 0. The minimum absolute atomic E-state index is 0.0623. The molecule has 0 N–H and O–H groups in total. The maximum atomic E-state index is 11.0. The van der Waals surface area contributed by atoms with Gasteiger partial charge in [-0.05, 0) is 18.6 Å². The second-order valence-corrected chi connectivity index (χ2v) is 4.37. The Morgan fingerprint density at radius 2 is 1.70 bits per heavy atom. The van der Waals surface area contributed by atoms with Crippen molar-refractivity contribution in [3.63, 3.8) is 0 Å². The fourth-order valence-corrected chi connectivity index (χ4v) is 1.80. The van der Waals surface area contributed by atoms with E-state index < -0.39 is 9.96 Å². The monoisotopic (exact) mass is 279 g/mol. The molecule has 0 bridgehead atoms. The molecule has 2 aromatic heterocycles. The highest BCUT2D eigenvalue weighted by Gasteiger charge is 2.17. The first-order valence-electron chi connectivity index (χ1n) is 5.77. The van der Waals surface area contributed by atoms with Gasteiger partial charge in [-0.2, -0.15) is 0 Å². The number of hydrogen-bond acceptors (Lipinski definition) is 4. The van der Waals surface area contributed by atoms with Gasteiger partial charge in [-0.3, -0.25) is 10.1 Å². The summed E-state index contributed by atoms with van der Waals surface area (Å²) in [6.45, 7) is 1.88. The van der Waals surface area contributed by atoms with Crippen LogP contribution in [-0.4, -0.2) is 24.1 Å². The largest absolute Gasteiger partial charge is 0.331 e. The van der Waals surface area contributed by atoms with Crippen LogP contribution in [0.2, 0.25) is 0 Å². The molecular weight excluding hydrogens is 266 g/mol. The Labute approximate surface area is 113 Å². The van der Waals surface area contributed by atoms with Crippen molar-refractivity contribution < 1.29 is 9.96 Å². The molecular formula is C11H13N5O4. The molecule has 9 nitrogen and oxygen atoms in total. The topological polar surface area (TPSA) is 99.4 Å². The Morgan fingerprint density at radius 1 is 1.10 bits per heavy atom. The Bertz CT molecular complexity index is 632. The molecule has 0 saturated heterocycles. The first kappa shape index (κ1) is 13.6. The van der Waals surface area contributed by atoms with Gasteiger partial charge in [-0.25, -0.2) is 10.1 Å². The second kappa shape index (κ2) is 5.43. The number of nitrogens with zero attached hydrogens (tertiary/aromatic N) is 5. The molecule has 0 aromatic carbocycles. The lowest BCUT2D eigenvalue weighted by molar-refractivity contribution is -0.670. The van der Waals surface area contributed by atoms with Crippen molar-refractivity contribution >= 4 is 5.69 Å². The fraction of sp³-hybridized carbons (Fsp3) is 0.273. The molecule has 2 heterocycles. The van der Waals surface area contributed by atoms with Crippen molar-refractivity contribution in [1.29, 1.82) is 0 Å². The van der Waals surface area contributed by atoms with Crippen LogP contribution >= 0.6 is 0 Å². The molecule has 0 saturated carbocycles. The fourth-order valence-electron chi connectivity index (χ4n) is 1.80. The van der Waals surface area contributed by atoms with Crippen LogP contribution in [0.25, 0.3) is 0 Å². The van der Waals surface area contributed by atoms with Gasteiger partial charge in [0.05, 0.1) is 11.1 Å². The van der Waals surface area contributed by atoms with E-state index in [1.807, 2.05) is 13.0 Å². The third kappa shape index (κ3) is 3.13. The highest BCUT2D eigenvalue weighted by Crippen LogP contribution is 2.12. The molecule has 0 aliphatic rings. The Balaban J connectivity index is 2.08. The van der Waals surface area contributed by atoms with Gasteiger partial charge in [-0.1, -0.05) is 5.01 Å². The molecule has 9 heteroatoms. The van der Waals surface area contributed by atoms with Crippen LogP contribution in [0.1, 0.15) is 5.56 Å². The van der Waals surface area contributed by atoms with Gasteiger partial charge >= 0.3 is 0 Å². The van der Waals surface area contributed by atoms with Gasteiger partial charge < -0.3 is 9.13 Å². The van der Waals surface area contributed by atoms with Gasteiger partial charge in [-0.15, -0.1) is 0 Å². The van der Waals surface area contributed by atoms with Gasteiger partial charge in [0, 0.05) is 24.7 Å².